The molecule has 0 spiro atoms. The van der Waals surface area contributed by atoms with E-state index in [2.05, 4.69) is 20.1 Å². The molecule has 0 aliphatic carbocycles. The van der Waals surface area contributed by atoms with E-state index in [4.69, 9.17) is 10.5 Å². The Bertz CT molecular complexity index is 952. The molecule has 0 atom stereocenters. The smallest absolute Gasteiger partial charge is 0.226 e. The highest BCUT2D eigenvalue weighted by Crippen LogP contribution is 2.23. The maximum atomic E-state index is 5.96. The fourth-order valence-corrected chi connectivity index (χ4v) is 2.17. The van der Waals surface area contributed by atoms with Crippen molar-refractivity contribution < 1.29 is 4.74 Å². The first-order valence-electron chi connectivity index (χ1n) is 6.96. The van der Waals surface area contributed by atoms with Crippen molar-refractivity contribution in [2.24, 2.45) is 0 Å². The summed E-state index contributed by atoms with van der Waals surface area (Å²) in [6.45, 7) is 0. The summed E-state index contributed by atoms with van der Waals surface area (Å²) >= 11 is 0. The van der Waals surface area contributed by atoms with Gasteiger partial charge in [-0.05, 0) is 24.3 Å². The van der Waals surface area contributed by atoms with Crippen molar-refractivity contribution in [3.8, 4) is 23.0 Å². The lowest BCUT2D eigenvalue weighted by Gasteiger charge is -2.05. The van der Waals surface area contributed by atoms with Gasteiger partial charge in [-0.2, -0.15) is 9.50 Å². The molecule has 0 bridgehead atoms. The van der Waals surface area contributed by atoms with Crippen LogP contribution in [0.3, 0.4) is 0 Å². The van der Waals surface area contributed by atoms with Gasteiger partial charge in [-0.15, -0.1) is 5.10 Å². The molecule has 1 aromatic carbocycles. The molecule has 0 aliphatic heterocycles. The zero-order valence-electron chi connectivity index (χ0n) is 12.0. The van der Waals surface area contributed by atoms with Gasteiger partial charge in [0.05, 0.1) is 0 Å². The molecule has 0 radical (unpaired) electrons. The van der Waals surface area contributed by atoms with E-state index in [0.29, 0.717) is 23.1 Å². The van der Waals surface area contributed by atoms with Gasteiger partial charge in [0.15, 0.2) is 11.5 Å². The third-order valence-corrected chi connectivity index (χ3v) is 3.21. The molecule has 112 valence electrons. The lowest BCUT2D eigenvalue weighted by molar-refractivity contribution is 0.462. The van der Waals surface area contributed by atoms with Gasteiger partial charge in [-0.3, -0.25) is 4.98 Å². The minimum Gasteiger partial charge on any atom is -0.439 e. The van der Waals surface area contributed by atoms with Gasteiger partial charge >= 0.3 is 0 Å². The molecular formula is C16H12N6O. The number of aromatic nitrogens is 5. The van der Waals surface area contributed by atoms with Gasteiger partial charge in [0, 0.05) is 24.0 Å². The number of ether oxygens (including phenoxy) is 1. The average Bonchev–Trinajstić information content (AvgIpc) is 3.01. The zero-order chi connectivity index (χ0) is 15.6. The van der Waals surface area contributed by atoms with Crippen LogP contribution >= 0.6 is 0 Å². The third kappa shape index (κ3) is 2.55. The number of pyridine rings is 1. The Kier molecular flexibility index (Phi) is 3.09. The predicted octanol–water partition coefficient (Wildman–Crippen LogP) is 2.56. The lowest BCUT2D eigenvalue weighted by atomic mass is 10.3. The van der Waals surface area contributed by atoms with E-state index in [-0.39, 0.29) is 5.95 Å². The zero-order valence-corrected chi connectivity index (χ0v) is 12.0. The second kappa shape index (κ2) is 5.38. The van der Waals surface area contributed by atoms with Crippen molar-refractivity contribution >= 4 is 11.6 Å². The van der Waals surface area contributed by atoms with Crippen molar-refractivity contribution in [3.63, 3.8) is 0 Å². The molecule has 0 saturated heterocycles. The van der Waals surface area contributed by atoms with E-state index >= 15 is 0 Å². The average molecular weight is 304 g/mol. The summed E-state index contributed by atoms with van der Waals surface area (Å²) in [5.41, 5.74) is 7.32. The first-order valence-corrected chi connectivity index (χ1v) is 6.96. The predicted molar refractivity (Wildman–Crippen MR) is 84.9 cm³/mol. The van der Waals surface area contributed by atoms with Crippen LogP contribution in [0.25, 0.3) is 17.0 Å². The van der Waals surface area contributed by atoms with Gasteiger partial charge in [0.25, 0.3) is 0 Å². The SMILES string of the molecule is Nc1nc(Oc2ccccc2)cc2nc(-c3cccnc3)nn12. The standard InChI is InChI=1S/C16H12N6O/c17-16-20-14(23-12-6-2-1-3-7-12)9-13-19-15(21-22(13)16)11-5-4-8-18-10-11/h1-10H,(H2,17,20). The van der Waals surface area contributed by atoms with Crippen molar-refractivity contribution in [2.75, 3.05) is 5.73 Å². The quantitative estimate of drug-likeness (QED) is 0.625. The third-order valence-electron chi connectivity index (χ3n) is 3.21. The summed E-state index contributed by atoms with van der Waals surface area (Å²) in [5.74, 6) is 1.78. The summed E-state index contributed by atoms with van der Waals surface area (Å²) in [4.78, 5) is 12.7. The molecule has 0 aliphatic rings. The number of nitrogen functional groups attached to an aromatic ring is 1. The maximum Gasteiger partial charge on any atom is 0.226 e. The van der Waals surface area contributed by atoms with Crippen LogP contribution in [0.4, 0.5) is 5.95 Å². The Morgan fingerprint density at radius 3 is 2.65 bits per heavy atom. The van der Waals surface area contributed by atoms with E-state index in [1.54, 1.807) is 18.5 Å². The van der Waals surface area contributed by atoms with Crippen molar-refractivity contribution in [2.45, 2.75) is 0 Å². The molecule has 23 heavy (non-hydrogen) atoms. The summed E-state index contributed by atoms with van der Waals surface area (Å²) in [5, 5.41) is 4.35. The van der Waals surface area contributed by atoms with Gasteiger partial charge < -0.3 is 10.5 Å². The van der Waals surface area contributed by atoms with Crippen LogP contribution in [0.5, 0.6) is 11.6 Å². The van der Waals surface area contributed by atoms with Gasteiger partial charge in [0.1, 0.15) is 5.75 Å². The second-order valence-electron chi connectivity index (χ2n) is 4.81. The number of anilines is 1. The van der Waals surface area contributed by atoms with E-state index in [9.17, 15) is 0 Å². The summed E-state index contributed by atoms with van der Waals surface area (Å²) in [6.07, 6.45) is 3.39. The summed E-state index contributed by atoms with van der Waals surface area (Å²) < 4.78 is 7.17. The number of nitrogens with zero attached hydrogens (tertiary/aromatic N) is 5. The fourth-order valence-electron chi connectivity index (χ4n) is 2.17. The van der Waals surface area contributed by atoms with Crippen LogP contribution in [0, 0.1) is 0 Å². The van der Waals surface area contributed by atoms with Crippen molar-refractivity contribution in [1.82, 2.24) is 24.6 Å². The highest BCUT2D eigenvalue weighted by atomic mass is 16.5. The largest absolute Gasteiger partial charge is 0.439 e. The van der Waals surface area contributed by atoms with Crippen LogP contribution in [0.2, 0.25) is 0 Å². The molecule has 7 nitrogen and oxygen atoms in total. The molecule has 4 aromatic rings. The van der Waals surface area contributed by atoms with Crippen LogP contribution in [-0.4, -0.2) is 24.6 Å². The van der Waals surface area contributed by atoms with E-state index in [1.807, 2.05) is 42.5 Å². The number of hydrogen-bond acceptors (Lipinski definition) is 6. The molecule has 0 saturated carbocycles. The first kappa shape index (κ1) is 13.2. The van der Waals surface area contributed by atoms with Crippen LogP contribution in [0.15, 0.2) is 60.9 Å². The maximum absolute atomic E-state index is 5.96. The number of nitrogens with two attached hydrogens (primary N) is 1. The number of para-hydroxylation sites is 1. The fraction of sp³-hybridized carbons (Fsp3) is 0. The second-order valence-corrected chi connectivity index (χ2v) is 4.81. The van der Waals surface area contributed by atoms with Crippen molar-refractivity contribution in [1.29, 1.82) is 0 Å². The lowest BCUT2D eigenvalue weighted by Crippen LogP contribution is -2.03. The number of benzene rings is 1. The molecule has 7 heteroatoms. The van der Waals surface area contributed by atoms with Gasteiger partial charge in [-0.25, -0.2) is 4.98 Å². The number of hydrogen-bond donors (Lipinski definition) is 1. The normalized spacial score (nSPS) is 10.8. The van der Waals surface area contributed by atoms with Gasteiger partial charge in [-0.1, -0.05) is 18.2 Å². The minimum absolute atomic E-state index is 0.205. The van der Waals surface area contributed by atoms with Crippen molar-refractivity contribution in [3.05, 3.63) is 60.9 Å². The molecular weight excluding hydrogens is 292 g/mol. The highest BCUT2D eigenvalue weighted by Gasteiger charge is 2.11. The molecule has 4 rings (SSSR count). The number of rotatable bonds is 3. The number of fused-ring (bicyclic) bond motifs is 1. The Balaban J connectivity index is 1.75. The molecule has 2 N–H and O–H groups in total. The van der Waals surface area contributed by atoms with E-state index in [0.717, 1.165) is 5.56 Å². The molecule has 3 heterocycles. The molecule has 0 amide bonds. The van der Waals surface area contributed by atoms with Crippen LogP contribution in [0.1, 0.15) is 0 Å². The topological polar surface area (TPSA) is 91.2 Å². The van der Waals surface area contributed by atoms with Crippen LogP contribution in [-0.2, 0) is 0 Å². The Morgan fingerprint density at radius 1 is 1.00 bits per heavy atom. The first-order chi connectivity index (χ1) is 11.3. The summed E-state index contributed by atoms with van der Waals surface area (Å²) in [7, 11) is 0. The Labute approximate surface area is 131 Å². The Hall–Kier alpha value is -3.48. The van der Waals surface area contributed by atoms with E-state index < -0.39 is 0 Å². The van der Waals surface area contributed by atoms with E-state index in [1.165, 1.54) is 4.52 Å². The molecule has 3 aromatic heterocycles. The molecule has 0 fully saturated rings. The monoisotopic (exact) mass is 304 g/mol. The Morgan fingerprint density at radius 2 is 1.87 bits per heavy atom. The molecule has 0 unspecified atom stereocenters. The highest BCUT2D eigenvalue weighted by molar-refractivity contribution is 5.58. The van der Waals surface area contributed by atoms with Gasteiger partial charge in [0.2, 0.25) is 11.8 Å². The summed E-state index contributed by atoms with van der Waals surface area (Å²) in [6, 6.07) is 14.8. The minimum atomic E-state index is 0.205. The van der Waals surface area contributed by atoms with Crippen LogP contribution < -0.4 is 10.5 Å².